The molecule has 0 saturated carbocycles. The number of aromatic nitrogens is 1. The Hall–Kier alpha value is -1.09. The van der Waals surface area contributed by atoms with E-state index in [1.54, 1.807) is 0 Å². The number of pyridine rings is 1. The highest BCUT2D eigenvalue weighted by Gasteiger charge is 2.10. The summed E-state index contributed by atoms with van der Waals surface area (Å²) in [4.78, 5) is 6.70. The molecule has 0 amide bonds. The van der Waals surface area contributed by atoms with Crippen LogP contribution in [0.5, 0.6) is 0 Å². The maximum absolute atomic E-state index is 5.40. The molecule has 76 valence electrons. The van der Waals surface area contributed by atoms with E-state index in [1.165, 1.54) is 5.56 Å². The average Bonchev–Trinajstić information content (AvgIpc) is 2.47. The molecule has 0 aromatic carbocycles. The van der Waals surface area contributed by atoms with Gasteiger partial charge in [0.15, 0.2) is 0 Å². The van der Waals surface area contributed by atoms with Crippen LogP contribution in [0.15, 0.2) is 18.3 Å². The van der Waals surface area contributed by atoms with Crippen molar-refractivity contribution in [3.8, 4) is 0 Å². The topological polar surface area (TPSA) is 25.4 Å². The summed E-state index contributed by atoms with van der Waals surface area (Å²) in [5.41, 5.74) is 1.21. The zero-order chi connectivity index (χ0) is 9.80. The maximum atomic E-state index is 5.40. The van der Waals surface area contributed by atoms with E-state index in [-0.39, 0.29) is 0 Å². The monoisotopic (exact) mass is 192 g/mol. The highest BCUT2D eigenvalue weighted by atomic mass is 16.5. The Kier molecular flexibility index (Phi) is 2.99. The number of aryl methyl sites for hydroxylation is 1. The van der Waals surface area contributed by atoms with E-state index in [0.717, 1.165) is 38.5 Å². The summed E-state index contributed by atoms with van der Waals surface area (Å²) >= 11 is 0. The Balaban J connectivity index is 2.08. The molecule has 0 spiro atoms. The molecule has 0 atom stereocenters. The number of anilines is 1. The zero-order valence-electron chi connectivity index (χ0n) is 8.57. The molecule has 1 saturated heterocycles. The normalized spacial score (nSPS) is 17.9. The first kappa shape index (κ1) is 9.46. The van der Waals surface area contributed by atoms with Crippen LogP contribution in [0.25, 0.3) is 0 Å². The van der Waals surface area contributed by atoms with Gasteiger partial charge in [-0.05, 0) is 25.0 Å². The van der Waals surface area contributed by atoms with Gasteiger partial charge in [-0.25, -0.2) is 4.98 Å². The fourth-order valence-electron chi connectivity index (χ4n) is 1.62. The predicted octanol–water partition coefficient (Wildman–Crippen LogP) is 1.62. The van der Waals surface area contributed by atoms with Crippen LogP contribution < -0.4 is 4.90 Å². The Labute approximate surface area is 84.7 Å². The van der Waals surface area contributed by atoms with Crippen LogP contribution in [0.3, 0.4) is 0 Å². The van der Waals surface area contributed by atoms with Crippen LogP contribution in [0, 0.1) is 6.92 Å². The number of nitrogens with zero attached hydrogens (tertiary/aromatic N) is 2. The summed E-state index contributed by atoms with van der Waals surface area (Å²) < 4.78 is 5.40. The lowest BCUT2D eigenvalue weighted by atomic mass is 10.3. The van der Waals surface area contributed by atoms with Gasteiger partial charge >= 0.3 is 0 Å². The van der Waals surface area contributed by atoms with Crippen molar-refractivity contribution in [3.05, 3.63) is 23.9 Å². The predicted molar refractivity (Wildman–Crippen MR) is 56.6 cm³/mol. The second-order valence-electron chi connectivity index (χ2n) is 3.65. The molecule has 0 unspecified atom stereocenters. The van der Waals surface area contributed by atoms with E-state index in [9.17, 15) is 0 Å². The van der Waals surface area contributed by atoms with Crippen LogP contribution >= 0.6 is 0 Å². The lowest BCUT2D eigenvalue weighted by Gasteiger charge is -2.20. The standard InChI is InChI=1S/C11H16N2O/c1-10-3-4-11(12-9-10)13-5-2-7-14-8-6-13/h3-4,9H,2,5-8H2,1H3. The first-order valence-electron chi connectivity index (χ1n) is 5.11. The zero-order valence-corrected chi connectivity index (χ0v) is 8.57. The summed E-state index contributed by atoms with van der Waals surface area (Å²) in [5.74, 6) is 1.07. The first-order valence-corrected chi connectivity index (χ1v) is 5.11. The molecule has 1 aromatic heterocycles. The van der Waals surface area contributed by atoms with Crippen molar-refractivity contribution in [3.63, 3.8) is 0 Å². The molecule has 3 heteroatoms. The van der Waals surface area contributed by atoms with E-state index >= 15 is 0 Å². The number of rotatable bonds is 1. The van der Waals surface area contributed by atoms with Crippen molar-refractivity contribution in [2.75, 3.05) is 31.2 Å². The molecule has 0 bridgehead atoms. The molecular weight excluding hydrogens is 176 g/mol. The van der Waals surface area contributed by atoms with Crippen LogP contribution in [-0.4, -0.2) is 31.3 Å². The van der Waals surface area contributed by atoms with Gasteiger partial charge in [-0.3, -0.25) is 0 Å². The molecule has 3 nitrogen and oxygen atoms in total. The second-order valence-corrected chi connectivity index (χ2v) is 3.65. The van der Waals surface area contributed by atoms with Crippen molar-refractivity contribution < 1.29 is 4.74 Å². The third kappa shape index (κ3) is 2.23. The minimum Gasteiger partial charge on any atom is -0.380 e. The molecule has 1 aliphatic rings. The van der Waals surface area contributed by atoms with Crippen molar-refractivity contribution in [1.82, 2.24) is 4.98 Å². The molecule has 0 aliphatic carbocycles. The van der Waals surface area contributed by atoms with Crippen LogP contribution in [0.2, 0.25) is 0 Å². The maximum Gasteiger partial charge on any atom is 0.128 e. The van der Waals surface area contributed by atoms with Crippen molar-refractivity contribution in [2.45, 2.75) is 13.3 Å². The first-order chi connectivity index (χ1) is 6.86. The molecule has 2 heterocycles. The van der Waals surface area contributed by atoms with E-state index in [1.807, 2.05) is 6.20 Å². The van der Waals surface area contributed by atoms with E-state index < -0.39 is 0 Å². The minimum atomic E-state index is 0.815. The van der Waals surface area contributed by atoms with Gasteiger partial charge in [-0.15, -0.1) is 0 Å². The summed E-state index contributed by atoms with van der Waals surface area (Å²) in [6.45, 7) is 5.76. The highest BCUT2D eigenvalue weighted by molar-refractivity contribution is 5.39. The smallest absolute Gasteiger partial charge is 0.128 e. The van der Waals surface area contributed by atoms with Gasteiger partial charge in [-0.2, -0.15) is 0 Å². The van der Waals surface area contributed by atoms with Gasteiger partial charge in [0.25, 0.3) is 0 Å². The van der Waals surface area contributed by atoms with Gasteiger partial charge in [0.05, 0.1) is 6.61 Å². The highest BCUT2D eigenvalue weighted by Crippen LogP contribution is 2.12. The summed E-state index contributed by atoms with van der Waals surface area (Å²) in [6, 6.07) is 4.19. The Morgan fingerprint density at radius 3 is 3.00 bits per heavy atom. The number of hydrogen-bond donors (Lipinski definition) is 0. The Morgan fingerprint density at radius 2 is 2.21 bits per heavy atom. The molecule has 14 heavy (non-hydrogen) atoms. The van der Waals surface area contributed by atoms with Gasteiger partial charge in [0.1, 0.15) is 5.82 Å². The van der Waals surface area contributed by atoms with Gasteiger partial charge < -0.3 is 9.64 Å². The molecule has 0 radical (unpaired) electrons. The SMILES string of the molecule is Cc1ccc(N2CCCOCC2)nc1. The van der Waals surface area contributed by atoms with Crippen LogP contribution in [0.1, 0.15) is 12.0 Å². The molecular formula is C11H16N2O. The van der Waals surface area contributed by atoms with Crippen LogP contribution in [0.4, 0.5) is 5.82 Å². The third-order valence-electron chi connectivity index (χ3n) is 2.44. The summed E-state index contributed by atoms with van der Waals surface area (Å²) in [6.07, 6.45) is 3.01. The molecule has 1 aromatic rings. The van der Waals surface area contributed by atoms with Crippen molar-refractivity contribution >= 4 is 5.82 Å². The van der Waals surface area contributed by atoms with E-state index in [2.05, 4.69) is 28.9 Å². The van der Waals surface area contributed by atoms with Gasteiger partial charge in [0, 0.05) is 25.9 Å². The van der Waals surface area contributed by atoms with Crippen molar-refractivity contribution in [2.24, 2.45) is 0 Å². The van der Waals surface area contributed by atoms with Gasteiger partial charge in [0.2, 0.25) is 0 Å². The molecule has 2 rings (SSSR count). The van der Waals surface area contributed by atoms with Crippen molar-refractivity contribution in [1.29, 1.82) is 0 Å². The Bertz CT molecular complexity index is 276. The molecule has 1 fully saturated rings. The molecule has 1 aliphatic heterocycles. The molecule has 0 N–H and O–H groups in total. The number of hydrogen-bond acceptors (Lipinski definition) is 3. The fourth-order valence-corrected chi connectivity index (χ4v) is 1.62. The largest absolute Gasteiger partial charge is 0.380 e. The van der Waals surface area contributed by atoms with E-state index in [0.29, 0.717) is 0 Å². The summed E-state index contributed by atoms with van der Waals surface area (Å²) in [5, 5.41) is 0. The quantitative estimate of drug-likeness (QED) is 0.676. The second kappa shape index (κ2) is 4.42. The van der Waals surface area contributed by atoms with Gasteiger partial charge in [-0.1, -0.05) is 6.07 Å². The lowest BCUT2D eigenvalue weighted by molar-refractivity contribution is 0.152. The Morgan fingerprint density at radius 1 is 1.29 bits per heavy atom. The summed E-state index contributed by atoms with van der Waals surface area (Å²) in [7, 11) is 0. The third-order valence-corrected chi connectivity index (χ3v) is 2.44. The lowest BCUT2D eigenvalue weighted by Crippen LogP contribution is -2.26. The number of ether oxygens (including phenoxy) is 1. The fraction of sp³-hybridized carbons (Fsp3) is 0.545. The average molecular weight is 192 g/mol. The van der Waals surface area contributed by atoms with E-state index in [4.69, 9.17) is 4.74 Å². The van der Waals surface area contributed by atoms with Crippen LogP contribution in [-0.2, 0) is 4.74 Å². The minimum absolute atomic E-state index is 0.815.